The van der Waals surface area contributed by atoms with Gasteiger partial charge in [-0.3, -0.25) is 0 Å². The molecule has 0 unspecified atom stereocenters. The summed E-state index contributed by atoms with van der Waals surface area (Å²) in [6.07, 6.45) is 1.67. The van der Waals surface area contributed by atoms with Gasteiger partial charge in [0.2, 0.25) is 11.3 Å². The van der Waals surface area contributed by atoms with Gasteiger partial charge in [-0.2, -0.15) is 0 Å². The van der Waals surface area contributed by atoms with E-state index in [0.717, 1.165) is 24.2 Å². The van der Waals surface area contributed by atoms with Gasteiger partial charge in [0.15, 0.2) is 5.13 Å². The molecule has 2 N–H and O–H groups in total. The molecule has 1 aromatic heterocycles. The number of unbranched alkanes of at least 4 members (excludes halogenated alkanes) is 1. The molecule has 0 bridgehead atoms. The number of nitrogens with two attached hydrogens (primary N) is 1. The summed E-state index contributed by atoms with van der Waals surface area (Å²) in [5.41, 5.74) is 4.29. The first kappa shape index (κ1) is 19.9. The van der Waals surface area contributed by atoms with E-state index in [9.17, 15) is 9.59 Å². The molecule has 0 fully saturated rings. The number of carbonyl (C=O) groups is 2. The summed E-state index contributed by atoms with van der Waals surface area (Å²) >= 11 is 1.15. The smallest absolute Gasteiger partial charge is 0.362 e. The minimum atomic E-state index is -1.35. The van der Waals surface area contributed by atoms with E-state index in [1.807, 2.05) is 6.92 Å². The van der Waals surface area contributed by atoms with Crippen molar-refractivity contribution in [2.45, 2.75) is 46.1 Å². The Morgan fingerprint density at radius 1 is 1.33 bits per heavy atom. The predicted octanol–water partition coefficient (Wildman–Crippen LogP) is 2.13. The topological polar surface area (TPSA) is 113 Å². The number of thiazole rings is 1. The molecule has 1 aromatic rings. The van der Waals surface area contributed by atoms with Gasteiger partial charge in [-0.25, -0.2) is 14.6 Å². The fraction of sp³-hybridized carbons (Fsp3) is 0.600. The molecular formula is C15H23N3O5S. The van der Waals surface area contributed by atoms with Gasteiger partial charge in [-0.15, -0.1) is 11.3 Å². The molecule has 0 aliphatic heterocycles. The summed E-state index contributed by atoms with van der Waals surface area (Å²) in [5, 5.41) is 5.61. The van der Waals surface area contributed by atoms with E-state index < -0.39 is 17.5 Å². The van der Waals surface area contributed by atoms with Gasteiger partial charge < -0.3 is 20.0 Å². The molecule has 8 nitrogen and oxygen atoms in total. The summed E-state index contributed by atoms with van der Waals surface area (Å²) in [4.78, 5) is 33.3. The van der Waals surface area contributed by atoms with Crippen LogP contribution in [0.25, 0.3) is 0 Å². The number of rotatable bonds is 9. The average Bonchev–Trinajstić information content (AvgIpc) is 2.94. The number of hydrogen-bond acceptors (Lipinski definition) is 9. The van der Waals surface area contributed by atoms with Gasteiger partial charge in [0.1, 0.15) is 5.69 Å². The normalized spacial score (nSPS) is 11.9. The maximum absolute atomic E-state index is 12.0. The van der Waals surface area contributed by atoms with Crippen molar-refractivity contribution in [3.63, 3.8) is 0 Å². The molecule has 0 spiro atoms. The molecular weight excluding hydrogens is 334 g/mol. The molecule has 0 aliphatic rings. The number of esters is 2. The van der Waals surface area contributed by atoms with Crippen molar-refractivity contribution in [2.24, 2.45) is 5.16 Å². The number of oxime groups is 1. The lowest BCUT2D eigenvalue weighted by molar-refractivity contribution is -0.168. The SMILES string of the molecule is CCCCOC(=O)C(C)(C)ON=C(C(=O)OCC)c1csc(N)n1. The van der Waals surface area contributed by atoms with Crippen molar-refractivity contribution in [2.75, 3.05) is 18.9 Å². The Kier molecular flexibility index (Phi) is 7.63. The van der Waals surface area contributed by atoms with Gasteiger partial charge in [0, 0.05) is 5.38 Å². The van der Waals surface area contributed by atoms with Gasteiger partial charge in [0.25, 0.3) is 0 Å². The van der Waals surface area contributed by atoms with Crippen molar-refractivity contribution in [3.05, 3.63) is 11.1 Å². The Morgan fingerprint density at radius 3 is 2.58 bits per heavy atom. The zero-order chi connectivity index (χ0) is 18.2. The van der Waals surface area contributed by atoms with Crippen LogP contribution in [0.4, 0.5) is 5.13 Å². The zero-order valence-corrected chi connectivity index (χ0v) is 15.1. The van der Waals surface area contributed by atoms with Gasteiger partial charge in [-0.1, -0.05) is 18.5 Å². The maximum atomic E-state index is 12.0. The fourth-order valence-corrected chi connectivity index (χ4v) is 2.01. The number of hydrogen-bond donors (Lipinski definition) is 1. The third kappa shape index (κ3) is 5.80. The van der Waals surface area contributed by atoms with E-state index in [4.69, 9.17) is 20.0 Å². The molecule has 0 saturated heterocycles. The molecule has 0 radical (unpaired) electrons. The Bertz CT molecular complexity index is 598. The monoisotopic (exact) mass is 357 g/mol. The van der Waals surface area contributed by atoms with Crippen molar-refractivity contribution >= 4 is 34.1 Å². The van der Waals surface area contributed by atoms with E-state index in [2.05, 4.69) is 10.1 Å². The molecule has 1 heterocycles. The van der Waals surface area contributed by atoms with E-state index >= 15 is 0 Å². The van der Waals surface area contributed by atoms with Crippen molar-refractivity contribution < 1.29 is 23.9 Å². The highest BCUT2D eigenvalue weighted by Crippen LogP contribution is 2.16. The number of ether oxygens (including phenoxy) is 2. The highest BCUT2D eigenvalue weighted by molar-refractivity contribution is 7.13. The Labute approximate surface area is 145 Å². The minimum Gasteiger partial charge on any atom is -0.463 e. The lowest BCUT2D eigenvalue weighted by Crippen LogP contribution is -2.36. The van der Waals surface area contributed by atoms with Crippen LogP contribution in [0, 0.1) is 0 Å². The van der Waals surface area contributed by atoms with Crippen LogP contribution in [-0.4, -0.2) is 41.4 Å². The maximum Gasteiger partial charge on any atom is 0.362 e. The highest BCUT2D eigenvalue weighted by Gasteiger charge is 2.33. The molecule has 24 heavy (non-hydrogen) atoms. The van der Waals surface area contributed by atoms with Crippen LogP contribution < -0.4 is 5.73 Å². The second-order valence-electron chi connectivity index (χ2n) is 5.32. The second kappa shape index (κ2) is 9.21. The quantitative estimate of drug-likeness (QED) is 0.312. The van der Waals surface area contributed by atoms with Crippen molar-refractivity contribution in [3.8, 4) is 0 Å². The second-order valence-corrected chi connectivity index (χ2v) is 6.21. The van der Waals surface area contributed by atoms with E-state index in [1.54, 1.807) is 12.3 Å². The van der Waals surface area contributed by atoms with Crippen LogP contribution in [0.15, 0.2) is 10.5 Å². The van der Waals surface area contributed by atoms with Crippen molar-refractivity contribution in [1.82, 2.24) is 4.98 Å². The number of nitrogen functional groups attached to an aromatic ring is 1. The number of carbonyl (C=O) groups excluding carboxylic acids is 2. The zero-order valence-electron chi connectivity index (χ0n) is 14.3. The van der Waals surface area contributed by atoms with Crippen LogP contribution in [0.1, 0.15) is 46.2 Å². The van der Waals surface area contributed by atoms with Crippen LogP contribution in [0.2, 0.25) is 0 Å². The molecule has 0 amide bonds. The molecule has 134 valence electrons. The van der Waals surface area contributed by atoms with E-state index in [-0.39, 0.29) is 23.1 Å². The average molecular weight is 357 g/mol. The number of anilines is 1. The fourth-order valence-electron chi connectivity index (χ4n) is 1.46. The molecule has 0 aromatic carbocycles. The largest absolute Gasteiger partial charge is 0.463 e. The highest BCUT2D eigenvalue weighted by atomic mass is 32.1. The summed E-state index contributed by atoms with van der Waals surface area (Å²) in [6, 6.07) is 0. The first-order valence-corrected chi connectivity index (χ1v) is 8.51. The Balaban J connectivity index is 2.89. The van der Waals surface area contributed by atoms with Gasteiger partial charge in [0.05, 0.1) is 13.2 Å². The van der Waals surface area contributed by atoms with Crippen LogP contribution in [0.3, 0.4) is 0 Å². The summed E-state index contributed by atoms with van der Waals surface area (Å²) in [7, 11) is 0. The summed E-state index contributed by atoms with van der Waals surface area (Å²) in [5.74, 6) is -1.28. The van der Waals surface area contributed by atoms with E-state index in [0.29, 0.717) is 6.61 Å². The van der Waals surface area contributed by atoms with Gasteiger partial charge >= 0.3 is 11.9 Å². The molecule has 0 saturated carbocycles. The van der Waals surface area contributed by atoms with Crippen LogP contribution >= 0.6 is 11.3 Å². The predicted molar refractivity (Wildman–Crippen MR) is 90.7 cm³/mol. The molecule has 9 heteroatoms. The molecule has 1 rings (SSSR count). The summed E-state index contributed by atoms with van der Waals surface area (Å²) in [6.45, 7) is 7.14. The first-order valence-electron chi connectivity index (χ1n) is 7.63. The number of aromatic nitrogens is 1. The molecule has 0 atom stereocenters. The number of nitrogens with zero attached hydrogens (tertiary/aromatic N) is 2. The van der Waals surface area contributed by atoms with Crippen molar-refractivity contribution in [1.29, 1.82) is 0 Å². The third-order valence-corrected chi connectivity index (χ3v) is 3.50. The standard InChI is InChI=1S/C15H23N3O5S/c1-5-7-8-22-13(20)15(3,4)23-18-11(12(19)21-6-2)10-9-24-14(16)17-10/h9H,5-8H2,1-4H3,(H2,16,17). The summed E-state index contributed by atoms with van der Waals surface area (Å²) < 4.78 is 10.0. The van der Waals surface area contributed by atoms with Crippen LogP contribution in [0.5, 0.6) is 0 Å². The van der Waals surface area contributed by atoms with Crippen LogP contribution in [-0.2, 0) is 23.9 Å². The lowest BCUT2D eigenvalue weighted by atomic mass is 10.1. The van der Waals surface area contributed by atoms with E-state index in [1.165, 1.54) is 13.8 Å². The lowest BCUT2D eigenvalue weighted by Gasteiger charge is -2.20. The molecule has 0 aliphatic carbocycles. The van der Waals surface area contributed by atoms with Gasteiger partial charge in [-0.05, 0) is 27.2 Å². The minimum absolute atomic E-state index is 0.153. The Hall–Kier alpha value is -2.16. The Morgan fingerprint density at radius 2 is 2.04 bits per heavy atom. The third-order valence-electron chi connectivity index (χ3n) is 2.82. The first-order chi connectivity index (χ1) is 11.3.